The van der Waals surface area contributed by atoms with Gasteiger partial charge in [0.2, 0.25) is 0 Å². The minimum atomic E-state index is -0.745. The van der Waals surface area contributed by atoms with Crippen LogP contribution in [-0.4, -0.2) is 21.9 Å². The first-order valence-corrected chi connectivity index (χ1v) is 13.4. The Labute approximate surface area is 198 Å². The molecule has 0 heterocycles. The van der Waals surface area contributed by atoms with Crippen molar-refractivity contribution in [3.63, 3.8) is 0 Å². The molecule has 0 aliphatic heterocycles. The molecule has 2 heteroatoms. The molecule has 1 unspecified atom stereocenters. The van der Waals surface area contributed by atoms with E-state index < -0.39 is 5.60 Å². The molecule has 0 radical (unpaired) electrons. The first-order chi connectivity index (χ1) is 14.7. The fourth-order valence-corrected chi connectivity index (χ4v) is 9.87. The first-order valence-electron chi connectivity index (χ1n) is 13.4. The summed E-state index contributed by atoms with van der Waals surface area (Å²) >= 11 is 0. The maximum atomic E-state index is 10.8. The summed E-state index contributed by atoms with van der Waals surface area (Å²) in [6, 6.07) is 0. The van der Waals surface area contributed by atoms with Crippen LogP contribution in [0.25, 0.3) is 0 Å². The van der Waals surface area contributed by atoms with Crippen molar-refractivity contribution in [1.82, 2.24) is 0 Å². The summed E-state index contributed by atoms with van der Waals surface area (Å²) in [6.07, 6.45) is 14.9. The number of allylic oxidation sites excluding steroid dienone is 2. The van der Waals surface area contributed by atoms with Gasteiger partial charge < -0.3 is 10.2 Å². The lowest BCUT2D eigenvalue weighted by atomic mass is 9.35. The Balaban J connectivity index is 1.58. The van der Waals surface area contributed by atoms with Gasteiger partial charge in [-0.1, -0.05) is 58.9 Å². The fourth-order valence-electron chi connectivity index (χ4n) is 9.87. The van der Waals surface area contributed by atoms with Gasteiger partial charge in [0.15, 0.2) is 0 Å². The monoisotopic (exact) mass is 442 g/mol. The molecule has 4 rings (SSSR count). The molecule has 4 aliphatic rings. The minimum absolute atomic E-state index is 0.0331. The molecule has 2 N–H and O–H groups in total. The number of hydrogen-bond donors (Lipinski definition) is 2. The lowest BCUT2D eigenvalue weighted by Crippen LogP contribution is -2.63. The van der Waals surface area contributed by atoms with Gasteiger partial charge in [-0.25, -0.2) is 0 Å². The van der Waals surface area contributed by atoms with Crippen LogP contribution in [-0.2, 0) is 0 Å². The lowest BCUT2D eigenvalue weighted by molar-refractivity contribution is -0.220. The van der Waals surface area contributed by atoms with E-state index in [0.29, 0.717) is 28.1 Å². The van der Waals surface area contributed by atoms with E-state index >= 15 is 0 Å². The van der Waals surface area contributed by atoms with Gasteiger partial charge in [-0.2, -0.15) is 0 Å². The van der Waals surface area contributed by atoms with Crippen molar-refractivity contribution >= 4 is 0 Å². The SMILES string of the molecule is C=C(CC=CC(C)(C)O)[C@H]1CC[C@@]2(C)[C@@H]1CC[C@@H]1[C@@]3(C)CC[C@H](O)C(C)(C)C3CC[C@]12C. The third-order valence-electron chi connectivity index (χ3n) is 11.8. The van der Waals surface area contributed by atoms with E-state index in [9.17, 15) is 10.2 Å². The summed E-state index contributed by atoms with van der Waals surface area (Å²) in [5.74, 6) is 2.77. The van der Waals surface area contributed by atoms with Gasteiger partial charge in [-0.3, -0.25) is 0 Å². The number of aliphatic hydroxyl groups excluding tert-OH is 1. The number of fused-ring (bicyclic) bond motifs is 5. The van der Waals surface area contributed by atoms with Crippen molar-refractivity contribution in [1.29, 1.82) is 0 Å². The van der Waals surface area contributed by atoms with Crippen LogP contribution in [0, 0.1) is 45.3 Å². The molecular weight excluding hydrogens is 392 g/mol. The van der Waals surface area contributed by atoms with Gasteiger partial charge >= 0.3 is 0 Å². The van der Waals surface area contributed by atoms with Crippen molar-refractivity contribution in [3.05, 3.63) is 24.3 Å². The van der Waals surface area contributed by atoms with E-state index in [1.165, 1.54) is 50.5 Å². The highest BCUT2D eigenvalue weighted by atomic mass is 16.3. The molecule has 0 aromatic rings. The normalized spacial score (nSPS) is 48.2. The molecule has 182 valence electrons. The maximum absolute atomic E-state index is 10.8. The van der Waals surface area contributed by atoms with Crippen LogP contribution in [0.2, 0.25) is 0 Å². The van der Waals surface area contributed by atoms with E-state index in [-0.39, 0.29) is 11.5 Å². The van der Waals surface area contributed by atoms with E-state index in [4.69, 9.17) is 0 Å². The molecule has 0 saturated heterocycles. The van der Waals surface area contributed by atoms with Gasteiger partial charge in [-0.15, -0.1) is 0 Å². The lowest BCUT2D eigenvalue weighted by Gasteiger charge is -2.69. The average molecular weight is 443 g/mol. The summed E-state index contributed by atoms with van der Waals surface area (Å²) in [5, 5.41) is 20.9. The van der Waals surface area contributed by atoms with Crippen LogP contribution in [0.5, 0.6) is 0 Å². The molecule has 4 saturated carbocycles. The van der Waals surface area contributed by atoms with Gasteiger partial charge in [0.1, 0.15) is 0 Å². The highest BCUT2D eigenvalue weighted by Gasteiger charge is 2.68. The van der Waals surface area contributed by atoms with Crippen LogP contribution < -0.4 is 0 Å². The molecule has 0 aromatic carbocycles. The molecule has 8 atom stereocenters. The van der Waals surface area contributed by atoms with E-state index in [1.54, 1.807) is 0 Å². The van der Waals surface area contributed by atoms with Crippen LogP contribution in [0.1, 0.15) is 106 Å². The van der Waals surface area contributed by atoms with Crippen molar-refractivity contribution in [2.75, 3.05) is 0 Å². The zero-order valence-electron chi connectivity index (χ0n) is 22.0. The van der Waals surface area contributed by atoms with E-state index in [2.05, 4.69) is 47.3 Å². The van der Waals surface area contributed by atoms with Crippen LogP contribution in [0.3, 0.4) is 0 Å². The molecule has 2 nitrogen and oxygen atoms in total. The Morgan fingerprint density at radius 3 is 2.22 bits per heavy atom. The van der Waals surface area contributed by atoms with Gasteiger partial charge in [0.05, 0.1) is 11.7 Å². The van der Waals surface area contributed by atoms with Crippen LogP contribution in [0.15, 0.2) is 24.3 Å². The quantitative estimate of drug-likeness (QED) is 0.448. The number of aliphatic hydroxyl groups is 2. The Morgan fingerprint density at radius 1 is 0.906 bits per heavy atom. The Morgan fingerprint density at radius 2 is 1.56 bits per heavy atom. The van der Waals surface area contributed by atoms with Crippen LogP contribution in [0.4, 0.5) is 0 Å². The van der Waals surface area contributed by atoms with Crippen LogP contribution >= 0.6 is 0 Å². The predicted molar refractivity (Wildman–Crippen MR) is 134 cm³/mol. The number of rotatable bonds is 4. The second kappa shape index (κ2) is 7.70. The predicted octanol–water partition coefficient (Wildman–Crippen LogP) is 7.31. The average Bonchev–Trinajstić information content (AvgIpc) is 3.03. The smallest absolute Gasteiger partial charge is 0.0771 e. The van der Waals surface area contributed by atoms with Crippen molar-refractivity contribution in [2.24, 2.45) is 45.3 Å². The summed E-state index contributed by atoms with van der Waals surface area (Å²) in [4.78, 5) is 0. The van der Waals surface area contributed by atoms with Gasteiger partial charge in [-0.05, 0) is 117 Å². The summed E-state index contributed by atoms with van der Waals surface area (Å²) in [5.41, 5.74) is 1.79. The second-order valence-electron chi connectivity index (χ2n) is 14.1. The van der Waals surface area contributed by atoms with Crippen molar-refractivity contribution < 1.29 is 10.2 Å². The fraction of sp³-hybridized carbons (Fsp3) is 0.867. The highest BCUT2D eigenvalue weighted by molar-refractivity contribution is 5.21. The van der Waals surface area contributed by atoms with E-state index in [0.717, 1.165) is 24.7 Å². The maximum Gasteiger partial charge on any atom is 0.0771 e. The van der Waals surface area contributed by atoms with E-state index in [1.807, 2.05) is 19.9 Å². The second-order valence-corrected chi connectivity index (χ2v) is 14.1. The Hall–Kier alpha value is -0.600. The topological polar surface area (TPSA) is 40.5 Å². The van der Waals surface area contributed by atoms with Gasteiger partial charge in [0.25, 0.3) is 0 Å². The zero-order valence-corrected chi connectivity index (χ0v) is 22.0. The minimum Gasteiger partial charge on any atom is -0.393 e. The first kappa shape index (κ1) is 24.5. The Bertz CT molecular complexity index is 772. The van der Waals surface area contributed by atoms with Crippen molar-refractivity contribution in [3.8, 4) is 0 Å². The standard InChI is InChI=1S/C30H50O2/c1-20(10-9-16-26(2,3)32)21-13-18-29(7)22(21)11-12-24-28(6)17-15-25(31)27(4,5)23(28)14-19-30(24,29)8/h9,16,21-25,31-32H,1,10-15,17-19H2,2-8H3/t21-,22-,23?,24-,25+,28+,29+,30-/m1/s1. The molecule has 32 heavy (non-hydrogen) atoms. The third-order valence-corrected chi connectivity index (χ3v) is 11.8. The molecule has 0 aromatic heterocycles. The molecule has 4 fully saturated rings. The largest absolute Gasteiger partial charge is 0.393 e. The summed E-state index contributed by atoms with van der Waals surface area (Å²) in [6.45, 7) is 20.8. The zero-order chi connectivity index (χ0) is 23.7. The third kappa shape index (κ3) is 3.49. The molecule has 0 spiro atoms. The molecule has 4 aliphatic carbocycles. The highest BCUT2D eigenvalue weighted by Crippen LogP contribution is 2.75. The molecule has 0 amide bonds. The molecular formula is C30H50O2. The number of hydrogen-bond acceptors (Lipinski definition) is 2. The summed E-state index contributed by atoms with van der Waals surface area (Å²) < 4.78 is 0. The Kier molecular flexibility index (Phi) is 5.90. The van der Waals surface area contributed by atoms with Crippen molar-refractivity contribution in [2.45, 2.75) is 118 Å². The molecule has 0 bridgehead atoms. The van der Waals surface area contributed by atoms with Gasteiger partial charge in [0, 0.05) is 0 Å². The summed E-state index contributed by atoms with van der Waals surface area (Å²) in [7, 11) is 0.